The first-order valence-corrected chi connectivity index (χ1v) is 11.6. The summed E-state index contributed by atoms with van der Waals surface area (Å²) >= 11 is 0. The van der Waals surface area contributed by atoms with Gasteiger partial charge in [0.25, 0.3) is 5.91 Å². The molecule has 8 nitrogen and oxygen atoms in total. The summed E-state index contributed by atoms with van der Waals surface area (Å²) in [4.78, 5) is 26.8. The Bertz CT molecular complexity index is 961. The molecule has 4 N–H and O–H groups in total. The minimum Gasteiger partial charge on any atom is -0.426 e. The number of hydrogen-bond donors (Lipinski definition) is 4. The van der Waals surface area contributed by atoms with Crippen LogP contribution in [0.15, 0.2) is 35.9 Å². The third-order valence-corrected chi connectivity index (χ3v) is 5.17. The molecule has 0 fully saturated rings. The molecule has 1 rings (SSSR count). The fraction of sp³-hybridized carbons (Fsp3) is 0.542. The molecule has 2 amide bonds. The SMILES string of the molecule is CC(C)C=C(C#N)C(=O)N(C)c1cccc(C[C@H](NCC(F)(F)F)C(=O)N[C@@H](CC(C)C)B(O)O)c1. The fourth-order valence-corrected chi connectivity index (χ4v) is 3.46. The Morgan fingerprint density at radius 2 is 1.86 bits per heavy atom. The smallest absolute Gasteiger partial charge is 0.426 e. The predicted molar refractivity (Wildman–Crippen MR) is 132 cm³/mol. The summed E-state index contributed by atoms with van der Waals surface area (Å²) in [7, 11) is -0.408. The van der Waals surface area contributed by atoms with Crippen LogP contribution in [0.2, 0.25) is 0 Å². The molecule has 2 atom stereocenters. The van der Waals surface area contributed by atoms with E-state index in [1.165, 1.54) is 18.0 Å². The van der Waals surface area contributed by atoms with E-state index >= 15 is 0 Å². The number of anilines is 1. The summed E-state index contributed by atoms with van der Waals surface area (Å²) in [6.45, 7) is 5.83. The molecular formula is C24H34BF3N4O4. The Balaban J connectivity index is 3.17. The van der Waals surface area contributed by atoms with Gasteiger partial charge in [0.1, 0.15) is 11.6 Å². The number of alkyl halides is 3. The number of nitriles is 1. The van der Waals surface area contributed by atoms with Gasteiger partial charge in [0.15, 0.2) is 0 Å². The first-order chi connectivity index (χ1) is 16.6. The van der Waals surface area contributed by atoms with Crippen molar-refractivity contribution >= 4 is 24.6 Å². The molecule has 198 valence electrons. The molecule has 0 aliphatic rings. The number of amides is 2. The molecule has 0 saturated heterocycles. The highest BCUT2D eigenvalue weighted by atomic mass is 19.4. The molecule has 0 unspecified atom stereocenters. The first-order valence-electron chi connectivity index (χ1n) is 11.6. The summed E-state index contributed by atoms with van der Waals surface area (Å²) in [5.74, 6) is -2.45. The maximum atomic E-state index is 12.9. The van der Waals surface area contributed by atoms with Crippen LogP contribution < -0.4 is 15.5 Å². The van der Waals surface area contributed by atoms with E-state index < -0.39 is 43.6 Å². The van der Waals surface area contributed by atoms with Crippen LogP contribution in [0, 0.1) is 23.2 Å². The van der Waals surface area contributed by atoms with Crippen molar-refractivity contribution in [3.05, 3.63) is 41.5 Å². The second-order valence-electron chi connectivity index (χ2n) is 9.38. The van der Waals surface area contributed by atoms with Gasteiger partial charge in [-0.1, -0.05) is 45.9 Å². The number of hydrogen-bond acceptors (Lipinski definition) is 6. The summed E-state index contributed by atoms with van der Waals surface area (Å²) < 4.78 is 38.7. The maximum absolute atomic E-state index is 12.9. The first kappa shape index (κ1) is 31.2. The van der Waals surface area contributed by atoms with Crippen molar-refractivity contribution in [1.82, 2.24) is 10.6 Å². The molecule has 0 spiro atoms. The minimum absolute atomic E-state index is 0.00788. The lowest BCUT2D eigenvalue weighted by Gasteiger charge is -2.25. The lowest BCUT2D eigenvalue weighted by Crippen LogP contribution is -2.55. The standard InChI is InChI=1S/C24H34BF3N4O4/c1-15(2)9-18(13-29)23(34)32(5)19-8-6-7-17(11-19)12-20(30-14-24(26,27)28)22(33)31-21(25(35)36)10-16(3)4/h6-9,11,15-16,20-21,30,35-36H,10,12,14H2,1-5H3,(H,31,33)/t20-,21-/m0/s1. The maximum Gasteiger partial charge on any atom is 0.475 e. The molecular weight excluding hydrogens is 476 g/mol. The number of likely N-dealkylation sites (N-methyl/N-ethyl adjacent to an activating group) is 1. The Morgan fingerprint density at radius 1 is 1.22 bits per heavy atom. The molecule has 0 bridgehead atoms. The Kier molecular flexibility index (Phi) is 12.1. The molecule has 0 aliphatic carbocycles. The third-order valence-electron chi connectivity index (χ3n) is 5.17. The van der Waals surface area contributed by atoms with E-state index in [0.29, 0.717) is 11.3 Å². The zero-order chi connectivity index (χ0) is 27.6. The molecule has 1 aromatic carbocycles. The van der Waals surface area contributed by atoms with Gasteiger partial charge in [-0.05, 0) is 42.4 Å². The third kappa shape index (κ3) is 10.8. The van der Waals surface area contributed by atoms with Gasteiger partial charge >= 0.3 is 13.3 Å². The second-order valence-corrected chi connectivity index (χ2v) is 9.38. The Hall–Kier alpha value is -2.88. The Labute approximate surface area is 210 Å². The highest BCUT2D eigenvalue weighted by molar-refractivity contribution is 6.43. The minimum atomic E-state index is -4.57. The van der Waals surface area contributed by atoms with Crippen molar-refractivity contribution < 1.29 is 32.8 Å². The number of allylic oxidation sites excluding steroid dienone is 1. The lowest BCUT2D eigenvalue weighted by molar-refractivity contribution is -0.132. The Morgan fingerprint density at radius 3 is 2.36 bits per heavy atom. The van der Waals surface area contributed by atoms with Crippen LogP contribution in [-0.2, 0) is 16.0 Å². The van der Waals surface area contributed by atoms with Gasteiger partial charge < -0.3 is 20.3 Å². The van der Waals surface area contributed by atoms with E-state index in [4.69, 9.17) is 0 Å². The molecule has 0 radical (unpaired) electrons. The van der Waals surface area contributed by atoms with Crippen molar-refractivity contribution in [2.45, 2.75) is 58.7 Å². The van der Waals surface area contributed by atoms with E-state index in [1.54, 1.807) is 38.1 Å². The van der Waals surface area contributed by atoms with Crippen LogP contribution >= 0.6 is 0 Å². The van der Waals surface area contributed by atoms with Gasteiger partial charge in [0, 0.05) is 12.7 Å². The molecule has 0 saturated carbocycles. The normalized spacial score (nSPS) is 13.8. The molecule has 0 aliphatic heterocycles. The summed E-state index contributed by atoms with van der Waals surface area (Å²) in [5.41, 5.74) is 0.805. The lowest BCUT2D eigenvalue weighted by atomic mass is 9.75. The van der Waals surface area contributed by atoms with Crippen molar-refractivity contribution in [1.29, 1.82) is 5.26 Å². The average molecular weight is 510 g/mol. The zero-order valence-corrected chi connectivity index (χ0v) is 21.1. The highest BCUT2D eigenvalue weighted by Gasteiger charge is 2.33. The van der Waals surface area contributed by atoms with Crippen LogP contribution in [0.25, 0.3) is 0 Å². The van der Waals surface area contributed by atoms with E-state index in [0.717, 1.165) is 0 Å². The fourth-order valence-electron chi connectivity index (χ4n) is 3.46. The van der Waals surface area contributed by atoms with Gasteiger partial charge in [-0.25, -0.2) is 0 Å². The van der Waals surface area contributed by atoms with Gasteiger partial charge in [-0.2, -0.15) is 18.4 Å². The largest absolute Gasteiger partial charge is 0.475 e. The van der Waals surface area contributed by atoms with E-state index in [2.05, 4.69) is 10.6 Å². The van der Waals surface area contributed by atoms with E-state index in [-0.39, 0.29) is 30.3 Å². The summed E-state index contributed by atoms with van der Waals surface area (Å²) in [5, 5.41) is 33.1. The van der Waals surface area contributed by atoms with Gasteiger partial charge in [0.2, 0.25) is 5.91 Å². The van der Waals surface area contributed by atoms with Gasteiger partial charge in [-0.3, -0.25) is 14.9 Å². The number of nitrogens with one attached hydrogen (secondary N) is 2. The number of carbonyl (C=O) groups is 2. The van der Waals surface area contributed by atoms with Gasteiger partial charge in [0.05, 0.1) is 18.5 Å². The number of rotatable bonds is 12. The average Bonchev–Trinajstić information content (AvgIpc) is 2.77. The molecule has 0 heterocycles. The van der Waals surface area contributed by atoms with Crippen molar-refractivity contribution in [2.24, 2.45) is 11.8 Å². The van der Waals surface area contributed by atoms with Crippen molar-refractivity contribution in [3.8, 4) is 6.07 Å². The number of halogens is 3. The van der Waals surface area contributed by atoms with Gasteiger partial charge in [-0.15, -0.1) is 0 Å². The number of carbonyl (C=O) groups excluding carboxylic acids is 2. The number of nitrogens with zero attached hydrogens (tertiary/aromatic N) is 2. The van der Waals surface area contributed by atoms with Crippen LogP contribution in [-0.4, -0.2) is 60.7 Å². The molecule has 12 heteroatoms. The van der Waals surface area contributed by atoms with Crippen LogP contribution in [0.4, 0.5) is 18.9 Å². The van der Waals surface area contributed by atoms with Crippen molar-refractivity contribution in [2.75, 3.05) is 18.5 Å². The van der Waals surface area contributed by atoms with Crippen molar-refractivity contribution in [3.63, 3.8) is 0 Å². The quantitative estimate of drug-likeness (QED) is 0.194. The highest BCUT2D eigenvalue weighted by Crippen LogP contribution is 2.20. The summed E-state index contributed by atoms with van der Waals surface area (Å²) in [6.07, 6.45) is -2.99. The second kappa shape index (κ2) is 14.0. The molecule has 1 aromatic rings. The zero-order valence-electron chi connectivity index (χ0n) is 21.1. The summed E-state index contributed by atoms with van der Waals surface area (Å²) in [6, 6.07) is 6.87. The molecule has 36 heavy (non-hydrogen) atoms. The predicted octanol–water partition coefficient (Wildman–Crippen LogP) is 2.36. The van der Waals surface area contributed by atoms with E-state index in [1.807, 2.05) is 19.9 Å². The van der Waals surface area contributed by atoms with Crippen LogP contribution in [0.5, 0.6) is 0 Å². The monoisotopic (exact) mass is 510 g/mol. The van der Waals surface area contributed by atoms with Crippen LogP contribution in [0.3, 0.4) is 0 Å². The topological polar surface area (TPSA) is 126 Å². The number of benzene rings is 1. The van der Waals surface area contributed by atoms with E-state index in [9.17, 15) is 38.1 Å². The van der Waals surface area contributed by atoms with Crippen LogP contribution in [0.1, 0.15) is 39.7 Å². The molecule has 0 aromatic heterocycles.